The number of aliphatic hydroxyl groups is 1. The Morgan fingerprint density at radius 1 is 1.31 bits per heavy atom. The van der Waals surface area contributed by atoms with Gasteiger partial charge in [-0.15, -0.1) is 0 Å². The Kier molecular flexibility index (Phi) is 5.58. The molecule has 1 aromatic rings. The van der Waals surface area contributed by atoms with Crippen LogP contribution in [0.2, 0.25) is 10.0 Å². The fourth-order valence-corrected chi connectivity index (χ4v) is 6.14. The average molecular weight is 402 g/mol. The molecule has 0 spiro atoms. The van der Waals surface area contributed by atoms with Gasteiger partial charge in [0, 0.05) is 18.1 Å². The molecule has 3 nitrogen and oxygen atoms in total. The molecule has 2 saturated carbocycles. The average Bonchev–Trinajstić information content (AvgIpc) is 3.22. The zero-order valence-electron chi connectivity index (χ0n) is 15.0. The number of hydrogen-bond acceptors (Lipinski definition) is 2. The van der Waals surface area contributed by atoms with Gasteiger partial charge in [0.2, 0.25) is 5.91 Å². The molecule has 3 N–H and O–H groups in total. The van der Waals surface area contributed by atoms with Gasteiger partial charge in [0.05, 0.1) is 15.5 Å². The van der Waals surface area contributed by atoms with Gasteiger partial charge in [0.1, 0.15) is 5.82 Å². The molecule has 6 heteroatoms. The standard InChI is InChI=1S/C20H26Cl2FNO2/c1-19(8-2-3-9-19)17(15-14(23)7-6-13(21)16(15)22)20(18(24)26)10-4-5-12(20)11-25/h6-7,12,17,25H,2-5,8-11H2,1H3,(H2,24,26)/t12?,17-,20?/m0/s1. The van der Waals surface area contributed by atoms with Crippen LogP contribution in [0.4, 0.5) is 4.39 Å². The van der Waals surface area contributed by atoms with Crippen molar-refractivity contribution in [1.29, 1.82) is 0 Å². The number of nitrogens with two attached hydrogens (primary N) is 1. The lowest BCUT2D eigenvalue weighted by Crippen LogP contribution is -2.51. The SMILES string of the molecule is CC1([C@H](c2c(F)ccc(Cl)c2Cl)C2(C(N)=O)CCCC2CO)CCCC1. The van der Waals surface area contributed by atoms with Crippen molar-refractivity contribution in [3.8, 4) is 0 Å². The molecular weight excluding hydrogens is 376 g/mol. The zero-order valence-corrected chi connectivity index (χ0v) is 16.5. The van der Waals surface area contributed by atoms with Gasteiger partial charge in [-0.05, 0) is 49.1 Å². The predicted molar refractivity (Wildman–Crippen MR) is 102 cm³/mol. The lowest BCUT2D eigenvalue weighted by Gasteiger charge is -2.48. The van der Waals surface area contributed by atoms with Crippen molar-refractivity contribution < 1.29 is 14.3 Å². The summed E-state index contributed by atoms with van der Waals surface area (Å²) in [6.07, 6.45) is 5.79. The maximum absolute atomic E-state index is 15.1. The first kappa shape index (κ1) is 19.9. The van der Waals surface area contributed by atoms with Gasteiger partial charge in [0.25, 0.3) is 0 Å². The Morgan fingerprint density at radius 3 is 2.54 bits per heavy atom. The van der Waals surface area contributed by atoms with Gasteiger partial charge in [0.15, 0.2) is 0 Å². The van der Waals surface area contributed by atoms with Crippen molar-refractivity contribution in [3.05, 3.63) is 33.6 Å². The molecule has 0 heterocycles. The minimum atomic E-state index is -1.01. The second-order valence-corrected chi connectivity index (χ2v) is 9.01. The summed E-state index contributed by atoms with van der Waals surface area (Å²) in [7, 11) is 0. The highest BCUT2D eigenvalue weighted by Crippen LogP contribution is 2.64. The number of benzene rings is 1. The molecule has 0 aromatic heterocycles. The Morgan fingerprint density at radius 2 is 1.96 bits per heavy atom. The van der Waals surface area contributed by atoms with Crippen molar-refractivity contribution in [2.75, 3.05) is 6.61 Å². The quantitative estimate of drug-likeness (QED) is 0.677. The van der Waals surface area contributed by atoms with Crippen molar-refractivity contribution in [1.82, 2.24) is 0 Å². The summed E-state index contributed by atoms with van der Waals surface area (Å²) in [5.74, 6) is -1.72. The lowest BCUT2D eigenvalue weighted by molar-refractivity contribution is -0.135. The van der Waals surface area contributed by atoms with E-state index in [4.69, 9.17) is 28.9 Å². The number of hydrogen-bond donors (Lipinski definition) is 2. The van der Waals surface area contributed by atoms with E-state index >= 15 is 4.39 Å². The second kappa shape index (κ2) is 7.29. The molecule has 0 saturated heterocycles. The number of halogens is 3. The van der Waals surface area contributed by atoms with Crippen LogP contribution >= 0.6 is 23.2 Å². The van der Waals surface area contributed by atoms with E-state index in [1.807, 2.05) is 0 Å². The van der Waals surface area contributed by atoms with Crippen LogP contribution in [-0.2, 0) is 4.79 Å². The Bertz CT molecular complexity index is 705. The second-order valence-electron chi connectivity index (χ2n) is 8.23. The topological polar surface area (TPSA) is 63.3 Å². The van der Waals surface area contributed by atoms with Crippen LogP contribution in [0.25, 0.3) is 0 Å². The maximum atomic E-state index is 15.1. The van der Waals surface area contributed by atoms with Crippen molar-refractivity contribution >= 4 is 29.1 Å². The van der Waals surface area contributed by atoms with E-state index in [-0.39, 0.29) is 28.0 Å². The van der Waals surface area contributed by atoms with Crippen LogP contribution < -0.4 is 5.73 Å². The fourth-order valence-electron chi connectivity index (χ4n) is 5.71. The van der Waals surface area contributed by atoms with Crippen LogP contribution in [0.5, 0.6) is 0 Å². The summed E-state index contributed by atoms with van der Waals surface area (Å²) in [5.41, 5.74) is 4.92. The number of aliphatic hydroxyl groups excluding tert-OH is 1. The summed E-state index contributed by atoms with van der Waals surface area (Å²) < 4.78 is 15.1. The molecule has 2 unspecified atom stereocenters. The summed E-state index contributed by atoms with van der Waals surface area (Å²) >= 11 is 12.7. The van der Waals surface area contributed by atoms with E-state index in [0.717, 1.165) is 32.1 Å². The smallest absolute Gasteiger partial charge is 0.224 e. The third-order valence-electron chi connectivity index (χ3n) is 6.88. The molecule has 1 aromatic carbocycles. The molecule has 0 aliphatic heterocycles. The minimum Gasteiger partial charge on any atom is -0.396 e. The van der Waals surface area contributed by atoms with Crippen molar-refractivity contribution in [3.63, 3.8) is 0 Å². The van der Waals surface area contributed by atoms with Crippen LogP contribution in [0.15, 0.2) is 12.1 Å². The first-order chi connectivity index (χ1) is 12.3. The molecule has 0 radical (unpaired) electrons. The number of primary amides is 1. The number of rotatable bonds is 5. The summed E-state index contributed by atoms with van der Waals surface area (Å²) in [5, 5.41) is 10.4. The maximum Gasteiger partial charge on any atom is 0.224 e. The zero-order chi connectivity index (χ0) is 19.1. The molecule has 0 bridgehead atoms. The Labute approximate surface area is 164 Å². The van der Waals surface area contributed by atoms with Crippen LogP contribution in [0.3, 0.4) is 0 Å². The predicted octanol–water partition coefficient (Wildman–Crippen LogP) is 5.06. The van der Waals surface area contributed by atoms with Crippen LogP contribution in [-0.4, -0.2) is 17.6 Å². The fraction of sp³-hybridized carbons (Fsp3) is 0.650. The number of carbonyl (C=O) groups excluding carboxylic acids is 1. The largest absolute Gasteiger partial charge is 0.396 e. The monoisotopic (exact) mass is 401 g/mol. The first-order valence-electron chi connectivity index (χ1n) is 9.32. The van der Waals surface area contributed by atoms with Crippen molar-refractivity contribution in [2.24, 2.45) is 22.5 Å². The van der Waals surface area contributed by atoms with Crippen LogP contribution in [0, 0.1) is 22.6 Å². The molecule has 3 rings (SSSR count). The lowest BCUT2D eigenvalue weighted by atomic mass is 9.55. The van der Waals surface area contributed by atoms with Gasteiger partial charge in [-0.3, -0.25) is 4.79 Å². The molecule has 144 valence electrons. The molecular formula is C20H26Cl2FNO2. The van der Waals surface area contributed by atoms with Crippen LogP contribution in [0.1, 0.15) is 63.4 Å². The summed E-state index contributed by atoms with van der Waals surface area (Å²) in [4.78, 5) is 12.8. The van der Waals surface area contributed by atoms with Gasteiger partial charge in [-0.25, -0.2) is 4.39 Å². The molecule has 2 aliphatic rings. The molecule has 2 fully saturated rings. The Balaban J connectivity index is 2.29. The number of carbonyl (C=O) groups is 1. The first-order valence-corrected chi connectivity index (χ1v) is 10.1. The highest BCUT2D eigenvalue weighted by molar-refractivity contribution is 6.42. The molecule has 26 heavy (non-hydrogen) atoms. The third kappa shape index (κ3) is 2.94. The number of amides is 1. The molecule has 1 amide bonds. The summed E-state index contributed by atoms with van der Waals surface area (Å²) in [6, 6.07) is 2.75. The van der Waals surface area contributed by atoms with E-state index in [1.54, 1.807) is 0 Å². The molecule has 3 atom stereocenters. The highest BCUT2D eigenvalue weighted by Gasteiger charge is 2.59. The van der Waals surface area contributed by atoms with E-state index < -0.39 is 23.1 Å². The third-order valence-corrected chi connectivity index (χ3v) is 7.70. The van der Waals surface area contributed by atoms with E-state index in [2.05, 4.69) is 6.92 Å². The normalized spacial score (nSPS) is 29.0. The minimum absolute atomic E-state index is 0.144. The highest BCUT2D eigenvalue weighted by atomic mass is 35.5. The Hall–Kier alpha value is -0.840. The van der Waals surface area contributed by atoms with E-state index in [9.17, 15) is 9.90 Å². The van der Waals surface area contributed by atoms with Gasteiger partial charge >= 0.3 is 0 Å². The van der Waals surface area contributed by atoms with Gasteiger partial charge in [-0.2, -0.15) is 0 Å². The molecule has 2 aliphatic carbocycles. The van der Waals surface area contributed by atoms with E-state index in [0.29, 0.717) is 18.4 Å². The van der Waals surface area contributed by atoms with Gasteiger partial charge in [-0.1, -0.05) is 49.4 Å². The van der Waals surface area contributed by atoms with Gasteiger partial charge < -0.3 is 10.8 Å². The summed E-state index contributed by atoms with van der Waals surface area (Å²) in [6.45, 7) is 1.95. The van der Waals surface area contributed by atoms with Crippen molar-refractivity contribution in [2.45, 2.75) is 57.8 Å². The van der Waals surface area contributed by atoms with E-state index in [1.165, 1.54) is 12.1 Å².